The molecule has 2 unspecified atom stereocenters. The monoisotopic (exact) mass is 1150 g/mol. The van der Waals surface area contributed by atoms with E-state index < -0.39 is 17.2 Å². The summed E-state index contributed by atoms with van der Waals surface area (Å²) in [7, 11) is 0. The fourth-order valence-electron chi connectivity index (χ4n) is 10.4. The summed E-state index contributed by atoms with van der Waals surface area (Å²) in [5, 5.41) is 24.1. The van der Waals surface area contributed by atoms with E-state index >= 15 is 0 Å². The van der Waals surface area contributed by atoms with E-state index in [9.17, 15) is 19.8 Å². The molecule has 0 spiro atoms. The molecule has 3 aliphatic rings. The molecule has 2 saturated heterocycles. The van der Waals surface area contributed by atoms with Crippen molar-refractivity contribution in [1.82, 2.24) is 0 Å². The number of terminal acetylenes is 1. The van der Waals surface area contributed by atoms with Crippen LogP contribution in [0.4, 0.5) is 11.4 Å². The van der Waals surface area contributed by atoms with Crippen LogP contribution in [0.3, 0.4) is 0 Å². The summed E-state index contributed by atoms with van der Waals surface area (Å²) in [5.41, 5.74) is 5.37. The van der Waals surface area contributed by atoms with Crippen molar-refractivity contribution in [3.63, 3.8) is 0 Å². The Balaban J connectivity index is 0.000000156. The maximum atomic E-state index is 13.0. The number of hydrogen-bond acceptors (Lipinski definition) is 9. The molecule has 0 aliphatic carbocycles. The number of carbonyl (C=O) groups excluding carboxylic acids is 2. The highest BCUT2D eigenvalue weighted by molar-refractivity contribution is 9.10. The van der Waals surface area contributed by atoms with Crippen molar-refractivity contribution in [3.8, 4) is 23.8 Å². The zero-order chi connectivity index (χ0) is 53.9. The van der Waals surface area contributed by atoms with Crippen molar-refractivity contribution in [2.45, 2.75) is 63.6 Å². The van der Waals surface area contributed by atoms with Crippen molar-refractivity contribution in [1.29, 1.82) is 0 Å². The van der Waals surface area contributed by atoms with Crippen LogP contribution in [0.15, 0.2) is 179 Å². The van der Waals surface area contributed by atoms with Gasteiger partial charge in [0.25, 0.3) is 0 Å². The quantitative estimate of drug-likeness (QED) is 0.102. The third-order valence-electron chi connectivity index (χ3n) is 14.4. The van der Waals surface area contributed by atoms with Gasteiger partial charge in [0.15, 0.2) is 11.2 Å². The van der Waals surface area contributed by atoms with Gasteiger partial charge in [0.05, 0.1) is 24.3 Å². The number of aliphatic hydroxyl groups is 1. The van der Waals surface area contributed by atoms with Crippen molar-refractivity contribution >= 4 is 82.8 Å². The minimum atomic E-state index is -1.37. The second-order valence-electron chi connectivity index (χ2n) is 19.3. The molecule has 2 atom stereocenters. The first-order valence-electron chi connectivity index (χ1n) is 26.4. The number of benzene rings is 8. The molecule has 0 radical (unpaired) electrons. The number of phenols is 1. The molecule has 0 saturated carbocycles. The SMILES string of the molecule is C#CC(O)(c1ccccc1)c1ccc(N2CCCCC2)cc1.CCOC(=O)c1cc(O)c2ccc(Br)cc2c1.CCOC(=O)c1cc2cc(Br)ccc2c2c1C=CC(c1ccccc1)(c1ccc(N3CCCCC3)cc1)O2. The second-order valence-corrected chi connectivity index (χ2v) is 21.1. The molecule has 2 N–H and O–H groups in total. The lowest BCUT2D eigenvalue weighted by Gasteiger charge is -2.37. The van der Waals surface area contributed by atoms with Gasteiger partial charge in [-0.3, -0.25) is 0 Å². The van der Waals surface area contributed by atoms with Gasteiger partial charge in [0, 0.05) is 85.1 Å². The van der Waals surface area contributed by atoms with Gasteiger partial charge < -0.3 is 34.2 Å². The van der Waals surface area contributed by atoms with Gasteiger partial charge in [-0.25, -0.2) is 9.59 Å². The highest BCUT2D eigenvalue weighted by Gasteiger charge is 2.39. The number of hydrogen-bond donors (Lipinski definition) is 2. The van der Waals surface area contributed by atoms with Crippen LogP contribution in [0.25, 0.3) is 27.6 Å². The number of piperidine rings is 2. The van der Waals surface area contributed by atoms with Gasteiger partial charge in [-0.2, -0.15) is 0 Å². The lowest BCUT2D eigenvalue weighted by molar-refractivity contribution is 0.0516. The number of halogens is 2. The summed E-state index contributed by atoms with van der Waals surface area (Å²) in [4.78, 5) is 29.4. The van der Waals surface area contributed by atoms with E-state index in [1.54, 1.807) is 19.1 Å². The molecule has 392 valence electrons. The Kier molecular flexibility index (Phi) is 17.5. The Morgan fingerprint density at radius 1 is 0.623 bits per heavy atom. The van der Waals surface area contributed by atoms with Crippen LogP contribution < -0.4 is 14.5 Å². The number of anilines is 2. The molecule has 3 heterocycles. The van der Waals surface area contributed by atoms with Crippen molar-refractivity contribution < 1.29 is 34.0 Å². The third-order valence-corrected chi connectivity index (χ3v) is 15.4. The molecule has 8 aromatic rings. The zero-order valence-corrected chi connectivity index (χ0v) is 46.6. The van der Waals surface area contributed by atoms with Gasteiger partial charge >= 0.3 is 11.9 Å². The number of carbonyl (C=O) groups is 2. The number of esters is 2. The molecule has 11 heteroatoms. The first-order chi connectivity index (χ1) is 37.4. The van der Waals surface area contributed by atoms with Crippen LogP contribution in [0.2, 0.25) is 0 Å². The number of aromatic hydroxyl groups is 1. The van der Waals surface area contributed by atoms with Crippen LogP contribution >= 0.6 is 31.9 Å². The normalized spacial score (nSPS) is 16.5. The van der Waals surface area contributed by atoms with E-state index in [2.05, 4.69) is 102 Å². The average molecular weight is 1160 g/mol. The van der Waals surface area contributed by atoms with Crippen molar-refractivity contribution in [3.05, 3.63) is 218 Å². The van der Waals surface area contributed by atoms with Crippen LogP contribution in [0.1, 0.15) is 101 Å². The fraction of sp³-hybridized carbons (Fsp3) is 0.242. The third kappa shape index (κ3) is 12.1. The predicted octanol–water partition coefficient (Wildman–Crippen LogP) is 15.1. The predicted molar refractivity (Wildman–Crippen MR) is 317 cm³/mol. The highest BCUT2D eigenvalue weighted by Crippen LogP contribution is 2.47. The lowest BCUT2D eigenvalue weighted by atomic mass is 9.82. The maximum Gasteiger partial charge on any atom is 0.338 e. The summed E-state index contributed by atoms with van der Waals surface area (Å²) in [6, 6.07) is 53.1. The molecule has 2 fully saturated rings. The van der Waals surface area contributed by atoms with E-state index in [1.807, 2.05) is 110 Å². The molecule has 0 bridgehead atoms. The van der Waals surface area contributed by atoms with Crippen LogP contribution in [0, 0.1) is 12.3 Å². The fourth-order valence-corrected chi connectivity index (χ4v) is 11.1. The van der Waals surface area contributed by atoms with Gasteiger partial charge in [0.2, 0.25) is 0 Å². The van der Waals surface area contributed by atoms with Crippen LogP contribution in [-0.4, -0.2) is 61.5 Å². The summed E-state index contributed by atoms with van der Waals surface area (Å²) in [6.45, 7) is 8.62. The van der Waals surface area contributed by atoms with Crippen molar-refractivity contribution in [2.24, 2.45) is 0 Å². The number of phenolic OH excluding ortho intramolecular Hbond substituents is 1. The molecule has 8 aromatic carbocycles. The second kappa shape index (κ2) is 24.8. The number of ether oxygens (including phenoxy) is 3. The largest absolute Gasteiger partial charge is 0.507 e. The Morgan fingerprint density at radius 2 is 1.13 bits per heavy atom. The van der Waals surface area contributed by atoms with E-state index in [-0.39, 0.29) is 11.7 Å². The molecular formula is C66H62Br2N2O7. The molecule has 3 aliphatic heterocycles. The van der Waals surface area contributed by atoms with E-state index in [0.29, 0.717) is 35.5 Å². The van der Waals surface area contributed by atoms with E-state index in [0.717, 1.165) is 79.1 Å². The van der Waals surface area contributed by atoms with Crippen LogP contribution in [-0.2, 0) is 20.7 Å². The number of fused-ring (bicyclic) bond motifs is 4. The Bertz CT molecular complexity index is 3420. The van der Waals surface area contributed by atoms with Gasteiger partial charge in [-0.1, -0.05) is 123 Å². The molecule has 9 nitrogen and oxygen atoms in total. The summed E-state index contributed by atoms with van der Waals surface area (Å²) in [5.74, 6) is 2.54. The van der Waals surface area contributed by atoms with Gasteiger partial charge in [0.1, 0.15) is 11.5 Å². The standard InChI is InChI=1S/C33H30BrNO3.C20H21NO.C13H11BrO3/c1-2-37-32(36)30-22-23-21-26(34)13-16-28(23)31-29(30)17-18-33(38-31,24-9-5-3-6-10-24)25-11-14-27(15-12-25)35-19-7-4-8-20-35;1-2-20(22,17-9-5-3-6-10-17)18-11-13-19(14-12-18)21-15-7-4-8-16-21;1-2-17-13(16)9-5-8-6-10(14)3-4-11(8)12(15)7-9/h3,5-6,9-18,21-22H,2,4,7-8,19-20H2,1H3;1,3,5-6,9-14,22H,4,7-8,15-16H2;3-7,15H,2H2,1H3. The molecule has 0 aromatic heterocycles. The smallest absolute Gasteiger partial charge is 0.338 e. The lowest BCUT2D eigenvalue weighted by Crippen LogP contribution is -2.35. The first kappa shape index (κ1) is 54.4. The maximum absolute atomic E-state index is 13.0. The highest BCUT2D eigenvalue weighted by atomic mass is 79.9. The topological polar surface area (TPSA) is 109 Å². The van der Waals surface area contributed by atoms with E-state index in [4.69, 9.17) is 20.6 Å². The van der Waals surface area contributed by atoms with Crippen molar-refractivity contribution in [2.75, 3.05) is 49.2 Å². The summed E-state index contributed by atoms with van der Waals surface area (Å²) in [6.07, 6.45) is 17.4. The Labute approximate surface area is 468 Å². The summed E-state index contributed by atoms with van der Waals surface area (Å²) >= 11 is 6.93. The molecule has 77 heavy (non-hydrogen) atoms. The molecular weight excluding hydrogens is 1090 g/mol. The first-order valence-corrected chi connectivity index (χ1v) is 28.0. The Morgan fingerprint density at radius 3 is 1.70 bits per heavy atom. The Hall–Kier alpha value is -7.36. The minimum Gasteiger partial charge on any atom is -0.507 e. The zero-order valence-electron chi connectivity index (χ0n) is 43.4. The van der Waals surface area contributed by atoms with Gasteiger partial charge in [-0.05, 0) is 154 Å². The average Bonchev–Trinajstić information content (AvgIpc) is 3.50. The number of rotatable bonds is 10. The molecule has 11 rings (SSSR count). The van der Waals surface area contributed by atoms with Crippen LogP contribution in [0.5, 0.6) is 11.5 Å². The van der Waals surface area contributed by atoms with E-state index in [1.165, 1.54) is 56.0 Å². The number of nitrogens with zero attached hydrogens (tertiary/aromatic N) is 2. The summed E-state index contributed by atoms with van der Waals surface area (Å²) < 4.78 is 19.2. The minimum absolute atomic E-state index is 0.0815. The van der Waals surface area contributed by atoms with Gasteiger partial charge in [-0.15, -0.1) is 6.42 Å². The molecule has 0 amide bonds.